The zero-order valence-electron chi connectivity index (χ0n) is 14.0. The molecule has 2 aliphatic heterocycles. The van der Waals surface area contributed by atoms with Gasteiger partial charge in [-0.25, -0.2) is 0 Å². The van der Waals surface area contributed by atoms with Gasteiger partial charge < -0.3 is 14.2 Å². The minimum atomic E-state index is 0.0510. The van der Waals surface area contributed by atoms with Crippen LogP contribution in [0.4, 0.5) is 0 Å². The molecule has 1 spiro atoms. The lowest BCUT2D eigenvalue weighted by molar-refractivity contribution is -0.259. The molecule has 3 heteroatoms. The van der Waals surface area contributed by atoms with E-state index in [4.69, 9.17) is 14.2 Å². The smallest absolute Gasteiger partial charge is 0.160 e. The molecular weight excluding hydrogens is 264 g/mol. The van der Waals surface area contributed by atoms with E-state index in [9.17, 15) is 0 Å². The molecule has 2 heterocycles. The summed E-state index contributed by atoms with van der Waals surface area (Å²) in [6.45, 7) is 8.22. The standard InChI is InChI=1S/C16H26O3.C2H6/c1-11-4-6-16(7-5-11)9-17-15(18-10-16)12-2-3-13-14(8-12)19-13;1-2/h11-15H,2-10H2,1H3;1-2H3. The topological polar surface area (TPSA) is 31.0 Å². The van der Waals surface area contributed by atoms with Crippen LogP contribution in [-0.4, -0.2) is 31.7 Å². The van der Waals surface area contributed by atoms with E-state index >= 15 is 0 Å². The molecule has 4 fully saturated rings. The Morgan fingerprint density at radius 1 is 0.857 bits per heavy atom. The van der Waals surface area contributed by atoms with Crippen molar-refractivity contribution in [3.05, 3.63) is 0 Å². The van der Waals surface area contributed by atoms with E-state index in [1.165, 1.54) is 38.5 Å². The lowest BCUT2D eigenvalue weighted by Gasteiger charge is -2.45. The molecule has 3 atom stereocenters. The third-order valence-corrected chi connectivity index (χ3v) is 5.87. The fraction of sp³-hybridized carbons (Fsp3) is 1.00. The van der Waals surface area contributed by atoms with Gasteiger partial charge in [-0.05, 0) is 38.0 Å². The van der Waals surface area contributed by atoms with Gasteiger partial charge in [-0.2, -0.15) is 0 Å². The molecular formula is C18H32O3. The van der Waals surface area contributed by atoms with Crippen LogP contribution in [-0.2, 0) is 14.2 Å². The summed E-state index contributed by atoms with van der Waals surface area (Å²) in [5.74, 6) is 1.47. The van der Waals surface area contributed by atoms with Gasteiger partial charge in [0.05, 0.1) is 25.4 Å². The second kappa shape index (κ2) is 6.55. The first-order chi connectivity index (χ1) is 10.2. The summed E-state index contributed by atoms with van der Waals surface area (Å²) in [5, 5.41) is 0. The Morgan fingerprint density at radius 2 is 1.52 bits per heavy atom. The number of hydrogen-bond acceptors (Lipinski definition) is 3. The summed E-state index contributed by atoms with van der Waals surface area (Å²) in [6, 6.07) is 0. The molecule has 0 N–H and O–H groups in total. The monoisotopic (exact) mass is 296 g/mol. The Morgan fingerprint density at radius 3 is 2.14 bits per heavy atom. The molecule has 0 bridgehead atoms. The fourth-order valence-corrected chi connectivity index (χ4v) is 4.23. The highest BCUT2D eigenvalue weighted by molar-refractivity contribution is 4.94. The van der Waals surface area contributed by atoms with Crippen molar-refractivity contribution in [1.29, 1.82) is 0 Å². The van der Waals surface area contributed by atoms with E-state index < -0.39 is 0 Å². The van der Waals surface area contributed by atoms with Crippen molar-refractivity contribution >= 4 is 0 Å². The highest BCUT2D eigenvalue weighted by atomic mass is 16.7. The average molecular weight is 296 g/mol. The lowest BCUT2D eigenvalue weighted by Crippen LogP contribution is -2.46. The maximum atomic E-state index is 6.14. The van der Waals surface area contributed by atoms with Gasteiger partial charge in [-0.1, -0.05) is 33.6 Å². The molecule has 0 aromatic rings. The number of ether oxygens (including phenoxy) is 3. The van der Waals surface area contributed by atoms with Gasteiger partial charge in [0.2, 0.25) is 0 Å². The predicted molar refractivity (Wildman–Crippen MR) is 83.1 cm³/mol. The minimum Gasteiger partial charge on any atom is -0.370 e. The van der Waals surface area contributed by atoms with E-state index in [-0.39, 0.29) is 6.29 Å². The molecule has 0 radical (unpaired) electrons. The molecule has 2 saturated carbocycles. The van der Waals surface area contributed by atoms with Gasteiger partial charge in [0.25, 0.3) is 0 Å². The largest absolute Gasteiger partial charge is 0.370 e. The summed E-state index contributed by atoms with van der Waals surface area (Å²) < 4.78 is 17.9. The number of rotatable bonds is 1. The van der Waals surface area contributed by atoms with Gasteiger partial charge in [0.15, 0.2) is 6.29 Å². The summed E-state index contributed by atoms with van der Waals surface area (Å²) >= 11 is 0. The first kappa shape index (κ1) is 15.8. The first-order valence-electron chi connectivity index (χ1n) is 9.13. The Balaban J connectivity index is 0.000000636. The lowest BCUT2D eigenvalue weighted by atomic mass is 9.71. The average Bonchev–Trinajstić information content (AvgIpc) is 3.32. The third-order valence-electron chi connectivity index (χ3n) is 5.87. The Bertz CT molecular complexity index is 325. The third kappa shape index (κ3) is 3.46. The molecule has 122 valence electrons. The molecule has 0 amide bonds. The molecule has 3 nitrogen and oxygen atoms in total. The second-order valence-corrected chi connectivity index (χ2v) is 7.46. The van der Waals surface area contributed by atoms with Crippen LogP contribution in [0.25, 0.3) is 0 Å². The van der Waals surface area contributed by atoms with Crippen LogP contribution >= 0.6 is 0 Å². The van der Waals surface area contributed by atoms with E-state index in [0.29, 0.717) is 23.5 Å². The molecule has 0 aromatic heterocycles. The summed E-state index contributed by atoms with van der Waals surface area (Å²) in [6.07, 6.45) is 10.0. The molecule has 3 unspecified atom stereocenters. The van der Waals surface area contributed by atoms with Gasteiger partial charge in [0.1, 0.15) is 0 Å². The molecule has 21 heavy (non-hydrogen) atoms. The number of hydrogen-bond donors (Lipinski definition) is 0. The molecule has 4 rings (SSSR count). The van der Waals surface area contributed by atoms with E-state index in [0.717, 1.165) is 25.6 Å². The molecule has 4 aliphatic rings. The van der Waals surface area contributed by atoms with Gasteiger partial charge >= 0.3 is 0 Å². The van der Waals surface area contributed by atoms with E-state index in [1.54, 1.807) is 0 Å². The van der Waals surface area contributed by atoms with Gasteiger partial charge in [-0.15, -0.1) is 0 Å². The van der Waals surface area contributed by atoms with Crippen LogP contribution in [0, 0.1) is 17.3 Å². The van der Waals surface area contributed by atoms with Crippen molar-refractivity contribution in [2.45, 2.75) is 84.2 Å². The van der Waals surface area contributed by atoms with Crippen molar-refractivity contribution in [3.8, 4) is 0 Å². The zero-order chi connectivity index (χ0) is 14.9. The molecule has 2 saturated heterocycles. The normalized spacial score (nSPS) is 49.0. The molecule has 2 aliphatic carbocycles. The van der Waals surface area contributed by atoms with Crippen molar-refractivity contribution in [1.82, 2.24) is 0 Å². The predicted octanol–water partition coefficient (Wildman–Crippen LogP) is 4.15. The van der Waals surface area contributed by atoms with E-state index in [1.807, 2.05) is 13.8 Å². The second-order valence-electron chi connectivity index (χ2n) is 7.46. The summed E-state index contributed by atoms with van der Waals surface area (Å²) in [4.78, 5) is 0. The fourth-order valence-electron chi connectivity index (χ4n) is 4.23. The van der Waals surface area contributed by atoms with E-state index in [2.05, 4.69) is 6.92 Å². The Labute approximate surface area is 129 Å². The van der Waals surface area contributed by atoms with Crippen molar-refractivity contribution in [3.63, 3.8) is 0 Å². The van der Waals surface area contributed by atoms with Crippen molar-refractivity contribution in [2.24, 2.45) is 17.3 Å². The SMILES string of the molecule is CC.CC1CCC2(CC1)COC(C1CCC3OC3C1)OC2. The van der Waals surface area contributed by atoms with Crippen LogP contribution < -0.4 is 0 Å². The minimum absolute atomic E-state index is 0.0510. The Kier molecular flexibility index (Phi) is 4.92. The van der Waals surface area contributed by atoms with Crippen LogP contribution in [0.3, 0.4) is 0 Å². The van der Waals surface area contributed by atoms with Crippen LogP contribution in [0.2, 0.25) is 0 Å². The Hall–Kier alpha value is -0.120. The van der Waals surface area contributed by atoms with Crippen LogP contribution in [0.5, 0.6) is 0 Å². The summed E-state index contributed by atoms with van der Waals surface area (Å²) in [5.41, 5.74) is 0.344. The maximum Gasteiger partial charge on any atom is 0.160 e. The van der Waals surface area contributed by atoms with Gasteiger partial charge in [0, 0.05) is 11.3 Å². The van der Waals surface area contributed by atoms with Crippen LogP contribution in [0.1, 0.15) is 65.7 Å². The molecule has 0 aromatic carbocycles. The van der Waals surface area contributed by atoms with Crippen molar-refractivity contribution < 1.29 is 14.2 Å². The zero-order valence-corrected chi connectivity index (χ0v) is 14.0. The first-order valence-corrected chi connectivity index (χ1v) is 9.13. The maximum absolute atomic E-state index is 6.14. The highest BCUT2D eigenvalue weighted by Gasteiger charge is 2.48. The van der Waals surface area contributed by atoms with Gasteiger partial charge in [-0.3, -0.25) is 0 Å². The van der Waals surface area contributed by atoms with Crippen molar-refractivity contribution in [2.75, 3.05) is 13.2 Å². The number of fused-ring (bicyclic) bond motifs is 1. The quantitative estimate of drug-likeness (QED) is 0.681. The highest BCUT2D eigenvalue weighted by Crippen LogP contribution is 2.45. The number of epoxide rings is 1. The van der Waals surface area contributed by atoms with Crippen LogP contribution in [0.15, 0.2) is 0 Å². The summed E-state index contributed by atoms with van der Waals surface area (Å²) in [7, 11) is 0.